The Morgan fingerprint density at radius 2 is 2.05 bits per heavy atom. The lowest BCUT2D eigenvalue weighted by Gasteiger charge is -2.27. The van der Waals surface area contributed by atoms with E-state index < -0.39 is 0 Å². The van der Waals surface area contributed by atoms with E-state index in [2.05, 4.69) is 38.9 Å². The van der Waals surface area contributed by atoms with E-state index in [1.54, 1.807) is 0 Å². The topological polar surface area (TPSA) is 41.6 Å². The van der Waals surface area contributed by atoms with E-state index >= 15 is 0 Å². The molecule has 1 fully saturated rings. The summed E-state index contributed by atoms with van der Waals surface area (Å²) in [6.07, 6.45) is 1.04. The number of ether oxygens (including phenoxy) is 1. The van der Waals surface area contributed by atoms with Gasteiger partial charge in [-0.15, -0.1) is 12.4 Å². The fourth-order valence-electron chi connectivity index (χ4n) is 2.60. The summed E-state index contributed by atoms with van der Waals surface area (Å²) in [7, 11) is 0. The maximum Gasteiger partial charge on any atom is 0.338 e. The maximum atomic E-state index is 11.5. The molecule has 2 heterocycles. The van der Waals surface area contributed by atoms with E-state index in [0.717, 1.165) is 50.3 Å². The zero-order valence-corrected chi connectivity index (χ0v) is 14.1. The van der Waals surface area contributed by atoms with Crippen LogP contribution in [0.5, 0.6) is 0 Å². The quantitative estimate of drug-likeness (QED) is 0.612. The van der Waals surface area contributed by atoms with Gasteiger partial charge in [-0.25, -0.2) is 4.79 Å². The number of esters is 1. The van der Waals surface area contributed by atoms with Crippen LogP contribution in [0.4, 0.5) is 0 Å². The van der Waals surface area contributed by atoms with Gasteiger partial charge in [-0.05, 0) is 40.6 Å². The number of carbonyl (C=O) groups excluding carboxylic acids is 1. The molecule has 110 valence electrons. The van der Waals surface area contributed by atoms with Crippen molar-refractivity contribution in [3.05, 3.63) is 32.4 Å². The minimum Gasteiger partial charge on any atom is -0.457 e. The molecular weight excluding hydrogens is 391 g/mol. The molecule has 0 amide bonds. The molecule has 1 aromatic rings. The third-order valence-corrected chi connectivity index (χ3v) is 4.76. The van der Waals surface area contributed by atoms with Gasteiger partial charge in [0.2, 0.25) is 0 Å². The predicted molar refractivity (Wildman–Crippen MR) is 88.5 cm³/mol. The van der Waals surface area contributed by atoms with Gasteiger partial charge in [0.05, 0.1) is 5.56 Å². The highest BCUT2D eigenvalue weighted by molar-refractivity contribution is 14.1. The molecule has 4 nitrogen and oxygen atoms in total. The SMILES string of the molecule is Cl.O=C1OCc2cc(CCN3CCNCC3)c(I)cc21. The Labute approximate surface area is 138 Å². The fourth-order valence-corrected chi connectivity index (χ4v) is 3.34. The summed E-state index contributed by atoms with van der Waals surface area (Å²) in [5.74, 6) is -0.179. The number of nitrogens with one attached hydrogen (secondary N) is 1. The molecule has 20 heavy (non-hydrogen) atoms. The molecule has 1 aromatic carbocycles. The number of halogens is 2. The molecule has 0 unspecified atom stereocenters. The maximum absolute atomic E-state index is 11.5. The van der Waals surface area contributed by atoms with Gasteiger partial charge in [0, 0.05) is 41.9 Å². The second-order valence-electron chi connectivity index (χ2n) is 5.02. The summed E-state index contributed by atoms with van der Waals surface area (Å²) in [6.45, 7) is 5.95. The molecule has 0 aliphatic carbocycles. The van der Waals surface area contributed by atoms with E-state index in [1.807, 2.05) is 6.07 Å². The standard InChI is InChI=1S/C14H17IN2O2.ClH/c15-13-8-12-11(9-19-14(12)18)7-10(13)1-4-17-5-2-16-3-6-17;/h7-8,16H,1-6,9H2;1H. The Bertz CT molecular complexity index is 504. The number of rotatable bonds is 3. The van der Waals surface area contributed by atoms with Gasteiger partial charge in [0.25, 0.3) is 0 Å². The van der Waals surface area contributed by atoms with Gasteiger partial charge >= 0.3 is 5.97 Å². The van der Waals surface area contributed by atoms with E-state index in [1.165, 1.54) is 9.13 Å². The Hall–Kier alpha value is -0.370. The van der Waals surface area contributed by atoms with Crippen molar-refractivity contribution in [3.63, 3.8) is 0 Å². The lowest BCUT2D eigenvalue weighted by molar-refractivity contribution is 0.0535. The third kappa shape index (κ3) is 3.44. The highest BCUT2D eigenvalue weighted by Crippen LogP contribution is 2.25. The smallest absolute Gasteiger partial charge is 0.338 e. The molecule has 0 saturated carbocycles. The number of carbonyl (C=O) groups is 1. The van der Waals surface area contributed by atoms with Crippen LogP contribution >= 0.6 is 35.0 Å². The van der Waals surface area contributed by atoms with Gasteiger partial charge in [-0.1, -0.05) is 6.07 Å². The van der Waals surface area contributed by atoms with Crippen molar-refractivity contribution in [1.82, 2.24) is 10.2 Å². The van der Waals surface area contributed by atoms with Crippen LogP contribution in [-0.2, 0) is 17.8 Å². The van der Waals surface area contributed by atoms with Gasteiger partial charge in [-0.2, -0.15) is 0 Å². The summed E-state index contributed by atoms with van der Waals surface area (Å²) in [6, 6.07) is 4.11. The van der Waals surface area contributed by atoms with Crippen molar-refractivity contribution < 1.29 is 9.53 Å². The summed E-state index contributed by atoms with van der Waals surface area (Å²) in [5.41, 5.74) is 3.12. The Morgan fingerprint density at radius 1 is 1.30 bits per heavy atom. The van der Waals surface area contributed by atoms with Crippen molar-refractivity contribution >= 4 is 41.0 Å². The summed E-state index contributed by atoms with van der Waals surface area (Å²) in [5, 5.41) is 3.37. The molecule has 1 saturated heterocycles. The normalized spacial score (nSPS) is 18.4. The van der Waals surface area contributed by atoms with Crippen molar-refractivity contribution in [1.29, 1.82) is 0 Å². The van der Waals surface area contributed by atoms with Crippen LogP contribution in [0.15, 0.2) is 12.1 Å². The van der Waals surface area contributed by atoms with Crippen molar-refractivity contribution in [2.24, 2.45) is 0 Å². The van der Waals surface area contributed by atoms with Crippen molar-refractivity contribution in [2.75, 3.05) is 32.7 Å². The van der Waals surface area contributed by atoms with Gasteiger partial charge < -0.3 is 15.0 Å². The van der Waals surface area contributed by atoms with Crippen LogP contribution in [-0.4, -0.2) is 43.6 Å². The van der Waals surface area contributed by atoms with E-state index in [0.29, 0.717) is 6.61 Å². The van der Waals surface area contributed by atoms with Crippen LogP contribution in [0.1, 0.15) is 21.5 Å². The van der Waals surface area contributed by atoms with E-state index in [-0.39, 0.29) is 18.4 Å². The molecular formula is C14H18ClIN2O2. The van der Waals surface area contributed by atoms with Crippen LogP contribution < -0.4 is 5.32 Å². The average Bonchev–Trinajstić information content (AvgIpc) is 2.78. The molecule has 0 spiro atoms. The third-order valence-electron chi connectivity index (χ3n) is 3.76. The molecule has 1 N–H and O–H groups in total. The highest BCUT2D eigenvalue weighted by atomic mass is 127. The monoisotopic (exact) mass is 408 g/mol. The number of piperazine rings is 1. The number of fused-ring (bicyclic) bond motifs is 1. The number of hydrogen-bond donors (Lipinski definition) is 1. The minimum atomic E-state index is -0.179. The van der Waals surface area contributed by atoms with Gasteiger partial charge in [-0.3, -0.25) is 0 Å². The molecule has 2 aliphatic rings. The number of cyclic esters (lactones) is 1. The Balaban J connectivity index is 0.00000147. The largest absolute Gasteiger partial charge is 0.457 e. The highest BCUT2D eigenvalue weighted by Gasteiger charge is 2.22. The number of hydrogen-bond acceptors (Lipinski definition) is 4. The Kier molecular flexibility index (Phi) is 5.65. The zero-order chi connectivity index (χ0) is 13.2. The van der Waals surface area contributed by atoms with Crippen molar-refractivity contribution in [3.8, 4) is 0 Å². The van der Waals surface area contributed by atoms with Gasteiger partial charge in [0.15, 0.2) is 0 Å². The lowest BCUT2D eigenvalue weighted by atomic mass is 10.0. The van der Waals surface area contributed by atoms with Crippen LogP contribution in [0.25, 0.3) is 0 Å². The molecule has 0 aromatic heterocycles. The van der Waals surface area contributed by atoms with Gasteiger partial charge in [0.1, 0.15) is 6.61 Å². The van der Waals surface area contributed by atoms with Crippen LogP contribution in [0, 0.1) is 3.57 Å². The second-order valence-corrected chi connectivity index (χ2v) is 6.18. The summed E-state index contributed by atoms with van der Waals surface area (Å²) in [4.78, 5) is 14.0. The first-order valence-electron chi connectivity index (χ1n) is 6.65. The lowest BCUT2D eigenvalue weighted by Crippen LogP contribution is -2.44. The first kappa shape index (κ1) is 16.0. The fraction of sp³-hybridized carbons (Fsp3) is 0.500. The molecule has 0 atom stereocenters. The molecule has 3 rings (SSSR count). The molecule has 2 aliphatic heterocycles. The van der Waals surface area contributed by atoms with Crippen LogP contribution in [0.3, 0.4) is 0 Å². The number of nitrogens with zero attached hydrogens (tertiary/aromatic N) is 1. The van der Waals surface area contributed by atoms with Crippen molar-refractivity contribution in [2.45, 2.75) is 13.0 Å². The molecule has 0 radical (unpaired) electrons. The molecule has 0 bridgehead atoms. The first-order valence-corrected chi connectivity index (χ1v) is 7.73. The summed E-state index contributed by atoms with van der Waals surface area (Å²) >= 11 is 2.32. The van der Waals surface area contributed by atoms with E-state index in [4.69, 9.17) is 4.74 Å². The predicted octanol–water partition coefficient (Wildman–Crippen LogP) is 1.83. The zero-order valence-electron chi connectivity index (χ0n) is 11.2. The molecule has 6 heteroatoms. The first-order chi connectivity index (χ1) is 9.24. The van der Waals surface area contributed by atoms with E-state index in [9.17, 15) is 4.79 Å². The Morgan fingerprint density at radius 3 is 2.80 bits per heavy atom. The minimum absolute atomic E-state index is 0. The average molecular weight is 409 g/mol. The van der Waals surface area contributed by atoms with Crippen LogP contribution in [0.2, 0.25) is 0 Å². The number of benzene rings is 1. The summed E-state index contributed by atoms with van der Waals surface area (Å²) < 4.78 is 6.24. The second kappa shape index (κ2) is 7.06.